The van der Waals surface area contributed by atoms with Gasteiger partial charge in [-0.1, -0.05) is 0 Å². The predicted molar refractivity (Wildman–Crippen MR) is 90.6 cm³/mol. The Labute approximate surface area is 144 Å². The molecule has 1 aliphatic heterocycles. The quantitative estimate of drug-likeness (QED) is 0.845. The SMILES string of the molecule is Cc1nc(C2CN(C(=O)c3cnc(N(C)C)nc3)CCO2)cc(=O)[nH]1. The molecule has 0 bridgehead atoms. The summed E-state index contributed by atoms with van der Waals surface area (Å²) in [7, 11) is 3.67. The number of aryl methyl sites for hydroxylation is 1. The van der Waals surface area contributed by atoms with E-state index in [0.717, 1.165) is 0 Å². The zero-order valence-electron chi connectivity index (χ0n) is 14.4. The van der Waals surface area contributed by atoms with E-state index < -0.39 is 6.10 Å². The summed E-state index contributed by atoms with van der Waals surface area (Å²) in [6.45, 7) is 2.87. The molecule has 0 saturated carbocycles. The normalized spacial score (nSPS) is 17.4. The number of carbonyl (C=O) groups is 1. The lowest BCUT2D eigenvalue weighted by atomic mass is 10.1. The number of H-pyrrole nitrogens is 1. The van der Waals surface area contributed by atoms with Crippen LogP contribution in [0.2, 0.25) is 0 Å². The molecule has 2 aromatic heterocycles. The van der Waals surface area contributed by atoms with E-state index in [1.54, 1.807) is 16.7 Å². The Hall–Kier alpha value is -2.81. The number of rotatable bonds is 3. The highest BCUT2D eigenvalue weighted by Crippen LogP contribution is 2.21. The molecule has 0 spiro atoms. The number of morpholine rings is 1. The molecule has 9 nitrogen and oxygen atoms in total. The van der Waals surface area contributed by atoms with Gasteiger partial charge in [0.05, 0.1) is 24.4 Å². The van der Waals surface area contributed by atoms with Crippen LogP contribution in [-0.2, 0) is 4.74 Å². The summed E-state index contributed by atoms with van der Waals surface area (Å²) in [5, 5.41) is 0. The van der Waals surface area contributed by atoms with Gasteiger partial charge in [0.25, 0.3) is 11.5 Å². The number of hydrogen-bond donors (Lipinski definition) is 1. The van der Waals surface area contributed by atoms with E-state index in [9.17, 15) is 9.59 Å². The van der Waals surface area contributed by atoms with Gasteiger partial charge >= 0.3 is 0 Å². The van der Waals surface area contributed by atoms with Crippen LogP contribution in [0.1, 0.15) is 28.0 Å². The molecule has 1 aliphatic rings. The number of ether oxygens (including phenoxy) is 1. The van der Waals surface area contributed by atoms with Gasteiger partial charge in [-0.2, -0.15) is 0 Å². The molecule has 3 rings (SSSR count). The maximum atomic E-state index is 12.7. The molecule has 25 heavy (non-hydrogen) atoms. The maximum absolute atomic E-state index is 12.7. The first-order valence-corrected chi connectivity index (χ1v) is 7.92. The highest BCUT2D eigenvalue weighted by atomic mass is 16.5. The number of nitrogens with one attached hydrogen (secondary N) is 1. The molecule has 0 aromatic carbocycles. The van der Waals surface area contributed by atoms with Crippen LogP contribution in [0.5, 0.6) is 0 Å². The third kappa shape index (κ3) is 3.82. The molecule has 1 saturated heterocycles. The average Bonchev–Trinajstić information content (AvgIpc) is 2.60. The fraction of sp³-hybridized carbons (Fsp3) is 0.438. The smallest absolute Gasteiger partial charge is 0.257 e. The Morgan fingerprint density at radius 2 is 2.08 bits per heavy atom. The summed E-state index contributed by atoms with van der Waals surface area (Å²) in [6, 6.07) is 1.40. The van der Waals surface area contributed by atoms with Gasteiger partial charge < -0.3 is 19.5 Å². The molecule has 1 fully saturated rings. The second-order valence-corrected chi connectivity index (χ2v) is 6.03. The van der Waals surface area contributed by atoms with Crippen molar-refractivity contribution in [2.45, 2.75) is 13.0 Å². The minimum Gasteiger partial charge on any atom is -0.368 e. The Morgan fingerprint density at radius 3 is 2.72 bits per heavy atom. The molecule has 3 heterocycles. The summed E-state index contributed by atoms with van der Waals surface area (Å²) < 4.78 is 5.69. The van der Waals surface area contributed by atoms with Crippen LogP contribution in [0, 0.1) is 6.92 Å². The van der Waals surface area contributed by atoms with Crippen LogP contribution in [0.15, 0.2) is 23.3 Å². The number of aromatic amines is 1. The van der Waals surface area contributed by atoms with Gasteiger partial charge in [-0.05, 0) is 6.92 Å². The van der Waals surface area contributed by atoms with E-state index in [-0.39, 0.29) is 11.5 Å². The van der Waals surface area contributed by atoms with Gasteiger partial charge in [0.1, 0.15) is 11.9 Å². The van der Waals surface area contributed by atoms with Gasteiger partial charge in [0.15, 0.2) is 0 Å². The maximum Gasteiger partial charge on any atom is 0.257 e. The Balaban J connectivity index is 1.76. The topological polar surface area (TPSA) is 104 Å². The van der Waals surface area contributed by atoms with E-state index in [1.165, 1.54) is 18.5 Å². The second kappa shape index (κ2) is 6.98. The summed E-state index contributed by atoms with van der Waals surface area (Å²) >= 11 is 0. The predicted octanol–water partition coefficient (Wildman–Crippen LogP) is 0.148. The number of amides is 1. The van der Waals surface area contributed by atoms with Crippen molar-refractivity contribution in [2.75, 3.05) is 38.7 Å². The van der Waals surface area contributed by atoms with E-state index >= 15 is 0 Å². The minimum absolute atomic E-state index is 0.167. The summed E-state index contributed by atoms with van der Waals surface area (Å²) in [5.74, 6) is 0.891. The molecule has 1 N–H and O–H groups in total. The fourth-order valence-electron chi connectivity index (χ4n) is 2.63. The first-order valence-electron chi connectivity index (χ1n) is 7.92. The standard InChI is InChI=1S/C16H20N6O3/c1-10-19-12(6-14(23)20-10)13-9-22(4-5-25-13)15(24)11-7-17-16(18-8-11)21(2)3/h6-8,13H,4-5,9H2,1-3H3,(H,19,20,23). The molecule has 1 amide bonds. The highest BCUT2D eigenvalue weighted by molar-refractivity contribution is 5.93. The minimum atomic E-state index is -0.430. The van der Waals surface area contributed by atoms with Crippen molar-refractivity contribution >= 4 is 11.9 Å². The third-order valence-electron chi connectivity index (χ3n) is 3.85. The zero-order valence-corrected chi connectivity index (χ0v) is 14.4. The molecule has 0 aliphatic carbocycles. The van der Waals surface area contributed by atoms with Crippen LogP contribution in [-0.4, -0.2) is 64.5 Å². The van der Waals surface area contributed by atoms with Crippen LogP contribution in [0.4, 0.5) is 5.95 Å². The number of carbonyl (C=O) groups excluding carboxylic acids is 1. The fourth-order valence-corrected chi connectivity index (χ4v) is 2.63. The number of anilines is 1. The number of hydrogen-bond acceptors (Lipinski definition) is 7. The first-order chi connectivity index (χ1) is 11.9. The van der Waals surface area contributed by atoms with Crippen LogP contribution < -0.4 is 10.5 Å². The second-order valence-electron chi connectivity index (χ2n) is 6.03. The van der Waals surface area contributed by atoms with Crippen molar-refractivity contribution in [1.82, 2.24) is 24.8 Å². The summed E-state index contributed by atoms with van der Waals surface area (Å²) in [4.78, 5) is 43.0. The monoisotopic (exact) mass is 344 g/mol. The van der Waals surface area contributed by atoms with E-state index in [4.69, 9.17) is 4.74 Å². The highest BCUT2D eigenvalue weighted by Gasteiger charge is 2.27. The lowest BCUT2D eigenvalue weighted by Crippen LogP contribution is -2.42. The van der Waals surface area contributed by atoms with Gasteiger partial charge in [0.2, 0.25) is 5.95 Å². The van der Waals surface area contributed by atoms with Gasteiger partial charge in [-0.3, -0.25) is 9.59 Å². The number of aromatic nitrogens is 4. The first kappa shape index (κ1) is 17.0. The van der Waals surface area contributed by atoms with E-state index in [2.05, 4.69) is 19.9 Å². The van der Waals surface area contributed by atoms with Crippen molar-refractivity contribution in [2.24, 2.45) is 0 Å². The van der Waals surface area contributed by atoms with Gasteiger partial charge in [0, 0.05) is 39.1 Å². The van der Waals surface area contributed by atoms with Crippen molar-refractivity contribution in [3.8, 4) is 0 Å². The summed E-state index contributed by atoms with van der Waals surface area (Å²) in [6.07, 6.45) is 2.61. The lowest BCUT2D eigenvalue weighted by Gasteiger charge is -2.32. The molecular weight excluding hydrogens is 324 g/mol. The lowest BCUT2D eigenvalue weighted by molar-refractivity contribution is -0.0249. The molecule has 9 heteroatoms. The van der Waals surface area contributed by atoms with Crippen LogP contribution >= 0.6 is 0 Å². The Kier molecular flexibility index (Phi) is 4.75. The molecular formula is C16H20N6O3. The third-order valence-corrected chi connectivity index (χ3v) is 3.85. The van der Waals surface area contributed by atoms with Gasteiger partial charge in [-0.25, -0.2) is 15.0 Å². The van der Waals surface area contributed by atoms with E-state index in [0.29, 0.717) is 42.7 Å². The largest absolute Gasteiger partial charge is 0.368 e. The Bertz CT molecular complexity index is 817. The van der Waals surface area contributed by atoms with Gasteiger partial charge in [-0.15, -0.1) is 0 Å². The van der Waals surface area contributed by atoms with Crippen molar-refractivity contribution < 1.29 is 9.53 Å². The Morgan fingerprint density at radius 1 is 1.36 bits per heavy atom. The number of nitrogens with zero attached hydrogens (tertiary/aromatic N) is 5. The zero-order chi connectivity index (χ0) is 18.0. The molecule has 132 valence electrons. The molecule has 1 atom stereocenters. The molecule has 1 unspecified atom stereocenters. The van der Waals surface area contributed by atoms with E-state index in [1.807, 2.05) is 14.1 Å². The van der Waals surface area contributed by atoms with Crippen LogP contribution in [0.3, 0.4) is 0 Å². The van der Waals surface area contributed by atoms with Crippen molar-refractivity contribution in [1.29, 1.82) is 0 Å². The van der Waals surface area contributed by atoms with Crippen molar-refractivity contribution in [3.63, 3.8) is 0 Å². The molecule has 2 aromatic rings. The van der Waals surface area contributed by atoms with Crippen LogP contribution in [0.25, 0.3) is 0 Å². The summed E-state index contributed by atoms with van der Waals surface area (Å²) in [5.41, 5.74) is 0.710. The van der Waals surface area contributed by atoms with Crippen molar-refractivity contribution in [3.05, 3.63) is 45.9 Å². The molecule has 0 radical (unpaired) electrons. The average molecular weight is 344 g/mol.